The Balaban J connectivity index is 1.53. The van der Waals surface area contributed by atoms with Crippen molar-refractivity contribution in [2.75, 3.05) is 26.2 Å². The first-order chi connectivity index (χ1) is 11.7. The minimum atomic E-state index is 0.114. The molecule has 1 aliphatic carbocycles. The van der Waals surface area contributed by atoms with Gasteiger partial charge in [-0.05, 0) is 32.1 Å². The van der Waals surface area contributed by atoms with Crippen molar-refractivity contribution in [3.05, 3.63) is 11.7 Å². The van der Waals surface area contributed by atoms with E-state index in [-0.39, 0.29) is 6.04 Å². The number of hydrogen-bond donors (Lipinski definition) is 0. The van der Waals surface area contributed by atoms with Gasteiger partial charge in [0.05, 0.1) is 6.04 Å². The molecule has 1 amide bonds. The molecule has 2 aliphatic rings. The molecule has 6 heteroatoms. The van der Waals surface area contributed by atoms with Crippen molar-refractivity contribution in [3.8, 4) is 0 Å². The van der Waals surface area contributed by atoms with E-state index < -0.39 is 0 Å². The number of carbonyl (C=O) groups is 1. The summed E-state index contributed by atoms with van der Waals surface area (Å²) in [6.45, 7) is 7.67. The fraction of sp³-hybridized carbons (Fsp3) is 0.833. The Morgan fingerprint density at radius 2 is 2.00 bits per heavy atom. The summed E-state index contributed by atoms with van der Waals surface area (Å²) in [7, 11) is 0. The van der Waals surface area contributed by atoms with Crippen LogP contribution in [-0.4, -0.2) is 52.0 Å². The third-order valence-corrected chi connectivity index (χ3v) is 5.53. The Morgan fingerprint density at radius 1 is 1.21 bits per heavy atom. The standard InChI is InChI=1S/C18H30N4O2/c1-3-16-19-18(24-20-16)14(2)21-9-6-10-22(12-11-21)17(23)13-15-7-4-5-8-15/h14-15H,3-13H2,1-2H3/t14-/m0/s1. The second kappa shape index (κ2) is 8.10. The van der Waals surface area contributed by atoms with Crippen LogP contribution in [-0.2, 0) is 11.2 Å². The predicted molar refractivity (Wildman–Crippen MR) is 91.4 cm³/mol. The van der Waals surface area contributed by atoms with Gasteiger partial charge in [-0.1, -0.05) is 24.9 Å². The van der Waals surface area contributed by atoms with Gasteiger partial charge < -0.3 is 9.42 Å². The topological polar surface area (TPSA) is 62.5 Å². The minimum absolute atomic E-state index is 0.114. The molecule has 0 bridgehead atoms. The molecule has 0 aromatic carbocycles. The van der Waals surface area contributed by atoms with Crippen molar-refractivity contribution < 1.29 is 9.32 Å². The quantitative estimate of drug-likeness (QED) is 0.828. The molecule has 6 nitrogen and oxygen atoms in total. The Labute approximate surface area is 144 Å². The molecule has 0 unspecified atom stereocenters. The lowest BCUT2D eigenvalue weighted by Gasteiger charge is -2.25. The summed E-state index contributed by atoms with van der Waals surface area (Å²) >= 11 is 0. The number of nitrogens with zero attached hydrogens (tertiary/aromatic N) is 4. The van der Waals surface area contributed by atoms with Crippen molar-refractivity contribution >= 4 is 5.91 Å². The highest BCUT2D eigenvalue weighted by Crippen LogP contribution is 2.28. The van der Waals surface area contributed by atoms with Gasteiger partial charge in [0, 0.05) is 39.0 Å². The van der Waals surface area contributed by atoms with Crippen LogP contribution in [0.25, 0.3) is 0 Å². The molecule has 2 heterocycles. The molecule has 0 N–H and O–H groups in total. The first kappa shape index (κ1) is 17.4. The Hall–Kier alpha value is -1.43. The molecule has 1 aliphatic heterocycles. The SMILES string of the molecule is CCc1noc([C@H](C)N2CCCN(C(=O)CC3CCCC3)CC2)n1. The summed E-state index contributed by atoms with van der Waals surface area (Å²) in [5.74, 6) is 2.43. The van der Waals surface area contributed by atoms with Crippen LogP contribution in [0.4, 0.5) is 0 Å². The van der Waals surface area contributed by atoms with Gasteiger partial charge in [-0.2, -0.15) is 4.98 Å². The van der Waals surface area contributed by atoms with Gasteiger partial charge in [-0.25, -0.2) is 0 Å². The lowest BCUT2D eigenvalue weighted by Crippen LogP contribution is -2.36. The number of aromatic nitrogens is 2. The molecule has 1 aromatic rings. The van der Waals surface area contributed by atoms with Crippen LogP contribution in [0.2, 0.25) is 0 Å². The predicted octanol–water partition coefficient (Wildman–Crippen LogP) is 2.81. The molecular formula is C18H30N4O2. The van der Waals surface area contributed by atoms with Crippen molar-refractivity contribution in [2.24, 2.45) is 5.92 Å². The average Bonchev–Trinajstić information content (AvgIpc) is 3.21. The summed E-state index contributed by atoms with van der Waals surface area (Å²) in [6.07, 6.45) is 7.62. The maximum atomic E-state index is 12.6. The van der Waals surface area contributed by atoms with Gasteiger partial charge in [0.2, 0.25) is 11.8 Å². The maximum absolute atomic E-state index is 12.6. The average molecular weight is 334 g/mol. The number of amides is 1. The Bertz CT molecular complexity index is 539. The third-order valence-electron chi connectivity index (χ3n) is 5.53. The maximum Gasteiger partial charge on any atom is 0.243 e. The third kappa shape index (κ3) is 4.15. The van der Waals surface area contributed by atoms with E-state index in [4.69, 9.17) is 4.52 Å². The lowest BCUT2D eigenvalue weighted by molar-refractivity contribution is -0.132. The van der Waals surface area contributed by atoms with Gasteiger partial charge in [0.1, 0.15) is 0 Å². The fourth-order valence-electron chi connectivity index (χ4n) is 3.90. The van der Waals surface area contributed by atoms with Gasteiger partial charge in [-0.15, -0.1) is 0 Å². The van der Waals surface area contributed by atoms with E-state index in [1.54, 1.807) is 0 Å². The molecule has 24 heavy (non-hydrogen) atoms. The molecule has 0 spiro atoms. The Kier molecular flexibility index (Phi) is 5.87. The number of rotatable bonds is 5. The summed E-state index contributed by atoms with van der Waals surface area (Å²) in [6, 6.07) is 0.114. The summed E-state index contributed by atoms with van der Waals surface area (Å²) in [5.41, 5.74) is 0. The lowest BCUT2D eigenvalue weighted by atomic mass is 10.0. The zero-order chi connectivity index (χ0) is 16.9. The molecule has 2 fully saturated rings. The van der Waals surface area contributed by atoms with E-state index in [1.807, 2.05) is 6.92 Å². The smallest absolute Gasteiger partial charge is 0.243 e. The van der Waals surface area contributed by atoms with E-state index in [2.05, 4.69) is 26.9 Å². The zero-order valence-electron chi connectivity index (χ0n) is 15.0. The van der Waals surface area contributed by atoms with Crippen molar-refractivity contribution in [2.45, 2.75) is 64.8 Å². The van der Waals surface area contributed by atoms with E-state index in [1.165, 1.54) is 25.7 Å². The van der Waals surface area contributed by atoms with Crippen LogP contribution in [0.1, 0.15) is 70.1 Å². The van der Waals surface area contributed by atoms with Gasteiger partial charge >= 0.3 is 0 Å². The summed E-state index contributed by atoms with van der Waals surface area (Å²) in [4.78, 5) is 21.4. The Morgan fingerprint density at radius 3 is 2.71 bits per heavy atom. The highest BCUT2D eigenvalue weighted by Gasteiger charge is 2.27. The first-order valence-corrected chi connectivity index (χ1v) is 9.51. The largest absolute Gasteiger partial charge is 0.341 e. The van der Waals surface area contributed by atoms with Crippen LogP contribution < -0.4 is 0 Å². The summed E-state index contributed by atoms with van der Waals surface area (Å²) in [5, 5.41) is 4.00. The molecule has 1 aromatic heterocycles. The molecule has 3 rings (SSSR count). The van der Waals surface area contributed by atoms with Crippen LogP contribution in [0.15, 0.2) is 4.52 Å². The van der Waals surface area contributed by atoms with Crippen molar-refractivity contribution in [1.82, 2.24) is 19.9 Å². The summed E-state index contributed by atoms with van der Waals surface area (Å²) < 4.78 is 5.39. The fourth-order valence-corrected chi connectivity index (χ4v) is 3.90. The van der Waals surface area contributed by atoms with Crippen LogP contribution >= 0.6 is 0 Å². The van der Waals surface area contributed by atoms with Crippen LogP contribution in [0.5, 0.6) is 0 Å². The molecule has 1 saturated heterocycles. The monoisotopic (exact) mass is 334 g/mol. The molecule has 134 valence electrons. The molecule has 1 atom stereocenters. The highest BCUT2D eigenvalue weighted by atomic mass is 16.5. The number of hydrogen-bond acceptors (Lipinski definition) is 5. The molecular weight excluding hydrogens is 304 g/mol. The number of aryl methyl sites for hydroxylation is 1. The highest BCUT2D eigenvalue weighted by molar-refractivity contribution is 5.76. The first-order valence-electron chi connectivity index (χ1n) is 9.51. The minimum Gasteiger partial charge on any atom is -0.341 e. The number of carbonyl (C=O) groups excluding carboxylic acids is 1. The van der Waals surface area contributed by atoms with Crippen LogP contribution in [0.3, 0.4) is 0 Å². The second-order valence-corrected chi connectivity index (χ2v) is 7.20. The normalized spacial score (nSPS) is 21.8. The zero-order valence-corrected chi connectivity index (χ0v) is 15.0. The van der Waals surface area contributed by atoms with Crippen LogP contribution in [0, 0.1) is 5.92 Å². The van der Waals surface area contributed by atoms with Crippen molar-refractivity contribution in [1.29, 1.82) is 0 Å². The van der Waals surface area contributed by atoms with E-state index in [9.17, 15) is 4.79 Å². The van der Waals surface area contributed by atoms with E-state index in [0.717, 1.165) is 51.3 Å². The second-order valence-electron chi connectivity index (χ2n) is 7.20. The molecule has 1 saturated carbocycles. The van der Waals surface area contributed by atoms with Gasteiger partial charge in [0.25, 0.3) is 0 Å². The van der Waals surface area contributed by atoms with Crippen molar-refractivity contribution in [3.63, 3.8) is 0 Å². The van der Waals surface area contributed by atoms with E-state index >= 15 is 0 Å². The van der Waals surface area contributed by atoms with Gasteiger partial charge in [-0.3, -0.25) is 9.69 Å². The molecule has 0 radical (unpaired) electrons. The van der Waals surface area contributed by atoms with Gasteiger partial charge in [0.15, 0.2) is 5.82 Å². The van der Waals surface area contributed by atoms with E-state index in [0.29, 0.717) is 17.7 Å².